The highest BCUT2D eigenvalue weighted by molar-refractivity contribution is 7.92. The van der Waals surface area contributed by atoms with Crippen LogP contribution in [0.4, 0.5) is 5.69 Å². The number of fused-ring (bicyclic) bond motifs is 1. The van der Waals surface area contributed by atoms with Gasteiger partial charge in [-0.1, -0.05) is 24.3 Å². The summed E-state index contributed by atoms with van der Waals surface area (Å²) in [5.74, 6) is 0.926. The summed E-state index contributed by atoms with van der Waals surface area (Å²) in [6.45, 7) is 4.35. The average molecular weight is 404 g/mol. The van der Waals surface area contributed by atoms with Gasteiger partial charge in [0, 0.05) is 0 Å². The van der Waals surface area contributed by atoms with Crippen LogP contribution in [0, 0.1) is 6.92 Å². The zero-order valence-electron chi connectivity index (χ0n) is 16.1. The molecule has 7 nitrogen and oxygen atoms in total. The molecule has 0 spiro atoms. The van der Waals surface area contributed by atoms with Gasteiger partial charge in [-0.2, -0.15) is 0 Å². The van der Waals surface area contributed by atoms with E-state index >= 15 is 0 Å². The minimum Gasteiger partial charge on any atom is -0.486 e. The molecule has 1 heterocycles. The summed E-state index contributed by atoms with van der Waals surface area (Å²) in [4.78, 5) is 12.6. The number of hydrogen-bond donors (Lipinski definition) is 1. The summed E-state index contributed by atoms with van der Waals surface area (Å²) in [7, 11) is -3.61. The number of carbonyl (C=O) groups excluding carboxylic acids is 1. The lowest BCUT2D eigenvalue weighted by atomic mass is 10.1. The summed E-state index contributed by atoms with van der Waals surface area (Å²) >= 11 is 0. The largest absolute Gasteiger partial charge is 0.486 e. The Morgan fingerprint density at radius 2 is 1.82 bits per heavy atom. The molecule has 1 atom stereocenters. The van der Waals surface area contributed by atoms with Gasteiger partial charge in [0.25, 0.3) is 0 Å². The Labute approximate surface area is 165 Å². The second kappa shape index (κ2) is 8.10. The first-order valence-electron chi connectivity index (χ1n) is 8.98. The quantitative estimate of drug-likeness (QED) is 0.799. The molecule has 2 aromatic rings. The number of hydrogen-bond acceptors (Lipinski definition) is 5. The highest BCUT2D eigenvalue weighted by atomic mass is 32.2. The van der Waals surface area contributed by atoms with Crippen LogP contribution in [0.2, 0.25) is 0 Å². The smallest absolute Gasteiger partial charge is 0.241 e. The summed E-state index contributed by atoms with van der Waals surface area (Å²) in [5, 5.41) is 2.85. The number of anilines is 1. The summed E-state index contributed by atoms with van der Waals surface area (Å²) in [5.41, 5.74) is 2.12. The highest BCUT2D eigenvalue weighted by Crippen LogP contribution is 2.32. The molecule has 1 N–H and O–H groups in total. The molecule has 1 amide bonds. The summed E-state index contributed by atoms with van der Waals surface area (Å²) in [6.07, 6.45) is 1.09. The third-order valence-corrected chi connectivity index (χ3v) is 5.64. The Kier molecular flexibility index (Phi) is 5.79. The number of rotatable bonds is 6. The zero-order valence-corrected chi connectivity index (χ0v) is 17.0. The van der Waals surface area contributed by atoms with Gasteiger partial charge >= 0.3 is 0 Å². The number of aryl methyl sites for hydroxylation is 1. The van der Waals surface area contributed by atoms with Gasteiger partial charge in [0.1, 0.15) is 19.8 Å². The molecule has 0 aliphatic carbocycles. The fraction of sp³-hybridized carbons (Fsp3) is 0.350. The molecule has 0 saturated heterocycles. The van der Waals surface area contributed by atoms with E-state index in [1.165, 1.54) is 0 Å². The van der Waals surface area contributed by atoms with Crippen LogP contribution in [0.25, 0.3) is 0 Å². The number of nitrogens with one attached hydrogen (secondary N) is 1. The Morgan fingerprint density at radius 1 is 1.14 bits per heavy atom. The first-order valence-corrected chi connectivity index (χ1v) is 10.8. The third kappa shape index (κ3) is 4.56. The second-order valence-electron chi connectivity index (χ2n) is 6.75. The van der Waals surface area contributed by atoms with Crippen LogP contribution in [0.1, 0.15) is 24.1 Å². The van der Waals surface area contributed by atoms with E-state index in [1.807, 2.05) is 44.2 Å². The van der Waals surface area contributed by atoms with Gasteiger partial charge < -0.3 is 14.8 Å². The van der Waals surface area contributed by atoms with Crippen LogP contribution in [-0.4, -0.2) is 40.3 Å². The number of benzene rings is 2. The molecule has 3 rings (SSSR count). The molecule has 0 saturated carbocycles. The highest BCUT2D eigenvalue weighted by Gasteiger charge is 2.23. The van der Waals surface area contributed by atoms with Gasteiger partial charge in [0.15, 0.2) is 11.5 Å². The maximum absolute atomic E-state index is 12.6. The Hall–Kier alpha value is -2.74. The SMILES string of the molecule is Cc1ccccc1N(CC(=O)NC(C)c1ccc2c(c1)OCCO2)S(C)(=O)=O. The van der Waals surface area contributed by atoms with Crippen molar-refractivity contribution in [2.75, 3.05) is 30.3 Å². The van der Waals surface area contributed by atoms with Gasteiger partial charge in [0.05, 0.1) is 18.0 Å². The minimum atomic E-state index is -3.61. The van der Waals surface area contributed by atoms with E-state index in [9.17, 15) is 13.2 Å². The third-order valence-electron chi connectivity index (χ3n) is 4.52. The molecule has 8 heteroatoms. The molecular formula is C20H24N2O5S. The topological polar surface area (TPSA) is 84.9 Å². The number of nitrogens with zero attached hydrogens (tertiary/aromatic N) is 1. The van der Waals surface area contributed by atoms with E-state index in [2.05, 4.69) is 5.32 Å². The van der Waals surface area contributed by atoms with Crippen molar-refractivity contribution in [2.45, 2.75) is 19.9 Å². The Bertz CT molecular complexity index is 974. The predicted molar refractivity (Wildman–Crippen MR) is 107 cm³/mol. The van der Waals surface area contributed by atoms with Gasteiger partial charge in [-0.15, -0.1) is 0 Å². The summed E-state index contributed by atoms with van der Waals surface area (Å²) in [6, 6.07) is 12.2. The monoisotopic (exact) mass is 404 g/mol. The van der Waals surface area contributed by atoms with Crippen molar-refractivity contribution in [3.8, 4) is 11.5 Å². The van der Waals surface area contributed by atoms with Crippen LogP contribution in [0.5, 0.6) is 11.5 Å². The molecule has 1 aliphatic heterocycles. The first-order chi connectivity index (χ1) is 13.3. The van der Waals surface area contributed by atoms with E-state index in [4.69, 9.17) is 9.47 Å². The van der Waals surface area contributed by atoms with E-state index < -0.39 is 15.9 Å². The van der Waals surface area contributed by atoms with E-state index in [1.54, 1.807) is 12.1 Å². The predicted octanol–water partition coefficient (Wildman–Crippen LogP) is 2.41. The fourth-order valence-electron chi connectivity index (χ4n) is 3.05. The Morgan fingerprint density at radius 3 is 2.50 bits per heavy atom. The number of amides is 1. The average Bonchev–Trinajstić information content (AvgIpc) is 2.65. The van der Waals surface area contributed by atoms with Gasteiger partial charge in [0.2, 0.25) is 15.9 Å². The van der Waals surface area contributed by atoms with Crippen molar-refractivity contribution in [3.63, 3.8) is 0 Å². The van der Waals surface area contributed by atoms with Crippen molar-refractivity contribution in [2.24, 2.45) is 0 Å². The molecule has 0 aromatic heterocycles. The number of ether oxygens (including phenoxy) is 2. The normalized spacial score (nSPS) is 14.2. The van der Waals surface area contributed by atoms with Gasteiger partial charge in [-0.25, -0.2) is 8.42 Å². The van der Waals surface area contributed by atoms with Crippen molar-refractivity contribution >= 4 is 21.6 Å². The number of carbonyl (C=O) groups is 1. The van der Waals surface area contributed by atoms with Crippen molar-refractivity contribution in [1.29, 1.82) is 0 Å². The fourth-order valence-corrected chi connectivity index (χ4v) is 3.97. The molecule has 1 aliphatic rings. The lowest BCUT2D eigenvalue weighted by molar-refractivity contribution is -0.120. The lowest BCUT2D eigenvalue weighted by Crippen LogP contribution is -2.41. The van der Waals surface area contributed by atoms with E-state index in [-0.39, 0.29) is 12.6 Å². The first kappa shape index (κ1) is 20.0. The molecular weight excluding hydrogens is 380 g/mol. The lowest BCUT2D eigenvalue weighted by Gasteiger charge is -2.25. The molecule has 0 fully saturated rings. The van der Waals surface area contributed by atoms with E-state index in [0.29, 0.717) is 30.4 Å². The standard InChI is InChI=1S/C20H24N2O5S/c1-14-6-4-5-7-17(14)22(28(3,24)25)13-20(23)21-15(2)16-8-9-18-19(12-16)27-11-10-26-18/h4-9,12,15H,10-11,13H2,1-3H3,(H,21,23). The second-order valence-corrected chi connectivity index (χ2v) is 8.66. The van der Waals surface area contributed by atoms with Crippen LogP contribution >= 0.6 is 0 Å². The minimum absolute atomic E-state index is 0.293. The van der Waals surface area contributed by atoms with Crippen LogP contribution in [-0.2, 0) is 14.8 Å². The zero-order chi connectivity index (χ0) is 20.3. The van der Waals surface area contributed by atoms with Crippen LogP contribution in [0.15, 0.2) is 42.5 Å². The summed E-state index contributed by atoms with van der Waals surface area (Å²) < 4.78 is 36.7. The van der Waals surface area contributed by atoms with Crippen LogP contribution in [0.3, 0.4) is 0 Å². The number of sulfonamides is 1. The van der Waals surface area contributed by atoms with Crippen LogP contribution < -0.4 is 19.1 Å². The maximum atomic E-state index is 12.6. The molecule has 28 heavy (non-hydrogen) atoms. The molecule has 150 valence electrons. The Balaban J connectivity index is 1.73. The van der Waals surface area contributed by atoms with Crippen molar-refractivity contribution in [3.05, 3.63) is 53.6 Å². The molecule has 1 unspecified atom stereocenters. The van der Waals surface area contributed by atoms with Gasteiger partial charge in [-0.05, 0) is 43.2 Å². The van der Waals surface area contributed by atoms with E-state index in [0.717, 1.165) is 21.7 Å². The number of para-hydroxylation sites is 1. The molecule has 0 radical (unpaired) electrons. The van der Waals surface area contributed by atoms with Crippen molar-refractivity contribution in [1.82, 2.24) is 5.32 Å². The van der Waals surface area contributed by atoms with Crippen molar-refractivity contribution < 1.29 is 22.7 Å². The molecule has 0 bridgehead atoms. The maximum Gasteiger partial charge on any atom is 0.241 e. The van der Waals surface area contributed by atoms with Gasteiger partial charge in [-0.3, -0.25) is 9.10 Å². The molecule has 2 aromatic carbocycles.